The maximum Gasteiger partial charge on any atom is 0.258 e. The summed E-state index contributed by atoms with van der Waals surface area (Å²) in [5.74, 6) is -0.107. The van der Waals surface area contributed by atoms with Crippen molar-refractivity contribution >= 4 is 17.5 Å². The Hall–Kier alpha value is -3.09. The average Bonchev–Trinajstić information content (AvgIpc) is 2.72. The molecule has 0 unspecified atom stereocenters. The Balaban J connectivity index is 1.37. The van der Waals surface area contributed by atoms with Gasteiger partial charge in [-0.25, -0.2) is 4.39 Å². The highest BCUT2D eigenvalue weighted by molar-refractivity contribution is 5.85. The minimum Gasteiger partial charge on any atom is -0.484 e. The summed E-state index contributed by atoms with van der Waals surface area (Å²) >= 11 is 0. The number of piperazine rings is 1. The van der Waals surface area contributed by atoms with Crippen LogP contribution >= 0.6 is 0 Å². The van der Waals surface area contributed by atoms with E-state index in [1.165, 1.54) is 12.1 Å². The summed E-state index contributed by atoms with van der Waals surface area (Å²) in [6.07, 6.45) is 0. The molecule has 148 valence electrons. The van der Waals surface area contributed by atoms with E-state index in [0.29, 0.717) is 31.9 Å². The number of rotatable bonds is 6. The number of anilines is 1. The number of nitrogens with one attached hydrogen (secondary N) is 1. The lowest BCUT2D eigenvalue weighted by Gasteiger charge is -2.36. The van der Waals surface area contributed by atoms with Crippen LogP contribution < -0.4 is 15.0 Å². The van der Waals surface area contributed by atoms with Crippen molar-refractivity contribution in [3.05, 3.63) is 59.9 Å². The molecule has 1 heterocycles. The topological polar surface area (TPSA) is 61.9 Å². The van der Waals surface area contributed by atoms with Crippen LogP contribution in [0.1, 0.15) is 5.56 Å². The Kier molecular flexibility index (Phi) is 6.47. The number of hydrogen-bond acceptors (Lipinski definition) is 4. The number of ether oxygens (including phenoxy) is 1. The summed E-state index contributed by atoms with van der Waals surface area (Å²) in [6, 6.07) is 13.7. The van der Waals surface area contributed by atoms with Crippen LogP contribution in [0.5, 0.6) is 5.75 Å². The summed E-state index contributed by atoms with van der Waals surface area (Å²) < 4.78 is 18.4. The van der Waals surface area contributed by atoms with Gasteiger partial charge in [-0.15, -0.1) is 0 Å². The van der Waals surface area contributed by atoms with Crippen LogP contribution in [0.3, 0.4) is 0 Å². The number of amides is 2. The molecule has 2 amide bonds. The molecular weight excluding hydrogens is 361 g/mol. The molecule has 6 nitrogen and oxygen atoms in total. The van der Waals surface area contributed by atoms with Gasteiger partial charge in [0.05, 0.1) is 6.54 Å². The molecule has 0 radical (unpaired) electrons. The number of nitrogens with zero attached hydrogens (tertiary/aromatic N) is 2. The minimum atomic E-state index is -0.334. The summed E-state index contributed by atoms with van der Waals surface area (Å²) in [4.78, 5) is 28.0. The van der Waals surface area contributed by atoms with E-state index in [1.807, 2.05) is 19.1 Å². The summed E-state index contributed by atoms with van der Waals surface area (Å²) in [6.45, 7) is 4.25. The fourth-order valence-corrected chi connectivity index (χ4v) is 2.99. The quantitative estimate of drug-likeness (QED) is 0.826. The molecule has 0 aliphatic carbocycles. The highest BCUT2D eigenvalue weighted by Crippen LogP contribution is 2.17. The van der Waals surface area contributed by atoms with Gasteiger partial charge in [0, 0.05) is 31.9 Å². The highest BCUT2D eigenvalue weighted by atomic mass is 19.1. The van der Waals surface area contributed by atoms with Crippen LogP contribution in [0.25, 0.3) is 0 Å². The van der Waals surface area contributed by atoms with Gasteiger partial charge in [-0.3, -0.25) is 9.59 Å². The highest BCUT2D eigenvalue weighted by Gasteiger charge is 2.21. The smallest absolute Gasteiger partial charge is 0.258 e. The van der Waals surface area contributed by atoms with Crippen molar-refractivity contribution in [3.63, 3.8) is 0 Å². The van der Waals surface area contributed by atoms with Crippen molar-refractivity contribution in [1.29, 1.82) is 0 Å². The molecule has 0 spiro atoms. The van der Waals surface area contributed by atoms with Gasteiger partial charge in [-0.1, -0.05) is 17.7 Å². The number of benzene rings is 2. The van der Waals surface area contributed by atoms with Gasteiger partial charge in [0.25, 0.3) is 5.91 Å². The molecule has 0 atom stereocenters. The normalized spacial score (nSPS) is 13.9. The average molecular weight is 385 g/mol. The molecule has 1 saturated heterocycles. The predicted molar refractivity (Wildman–Crippen MR) is 105 cm³/mol. The van der Waals surface area contributed by atoms with E-state index in [9.17, 15) is 14.0 Å². The predicted octanol–water partition coefficient (Wildman–Crippen LogP) is 1.98. The third kappa shape index (κ3) is 5.45. The lowest BCUT2D eigenvalue weighted by molar-refractivity contribution is -0.133. The molecule has 0 aromatic heterocycles. The van der Waals surface area contributed by atoms with E-state index >= 15 is 0 Å². The molecule has 1 fully saturated rings. The third-order valence-electron chi connectivity index (χ3n) is 4.65. The second-order valence-electron chi connectivity index (χ2n) is 6.72. The van der Waals surface area contributed by atoms with Gasteiger partial charge in [0.2, 0.25) is 5.91 Å². The molecule has 1 aliphatic rings. The van der Waals surface area contributed by atoms with Crippen LogP contribution in [0.15, 0.2) is 48.5 Å². The Morgan fingerprint density at radius 1 is 1.00 bits per heavy atom. The second-order valence-corrected chi connectivity index (χ2v) is 6.72. The van der Waals surface area contributed by atoms with Crippen LogP contribution in [-0.4, -0.2) is 56.0 Å². The van der Waals surface area contributed by atoms with Gasteiger partial charge in [-0.05, 0) is 43.3 Å². The number of aryl methyl sites for hydroxylation is 1. The lowest BCUT2D eigenvalue weighted by atomic mass is 10.2. The van der Waals surface area contributed by atoms with E-state index in [-0.39, 0.29) is 30.8 Å². The fraction of sp³-hybridized carbons (Fsp3) is 0.333. The first kappa shape index (κ1) is 19.7. The van der Waals surface area contributed by atoms with E-state index < -0.39 is 0 Å². The van der Waals surface area contributed by atoms with Crippen LogP contribution in [0.2, 0.25) is 0 Å². The van der Waals surface area contributed by atoms with Crippen molar-refractivity contribution in [2.45, 2.75) is 6.92 Å². The summed E-state index contributed by atoms with van der Waals surface area (Å²) in [5.41, 5.74) is 2.05. The number of halogens is 1. The van der Waals surface area contributed by atoms with Gasteiger partial charge < -0.3 is 19.9 Å². The maximum absolute atomic E-state index is 13.0. The Morgan fingerprint density at radius 3 is 2.29 bits per heavy atom. The number of carbonyl (C=O) groups is 2. The molecule has 1 N–H and O–H groups in total. The standard InChI is InChI=1S/C21H24FN3O3/c1-16-2-8-19(9-3-16)28-15-20(26)23-14-21(27)25-12-10-24(11-13-25)18-6-4-17(22)5-7-18/h2-9H,10-15H2,1H3,(H,23,26). The van der Waals surface area contributed by atoms with Gasteiger partial charge >= 0.3 is 0 Å². The monoisotopic (exact) mass is 385 g/mol. The van der Waals surface area contributed by atoms with Gasteiger partial charge in [-0.2, -0.15) is 0 Å². The van der Waals surface area contributed by atoms with Crippen molar-refractivity contribution in [2.24, 2.45) is 0 Å². The van der Waals surface area contributed by atoms with E-state index in [4.69, 9.17) is 4.74 Å². The largest absolute Gasteiger partial charge is 0.484 e. The zero-order valence-corrected chi connectivity index (χ0v) is 15.9. The molecule has 2 aromatic rings. The molecule has 7 heteroatoms. The van der Waals surface area contributed by atoms with Crippen molar-refractivity contribution in [3.8, 4) is 5.75 Å². The summed E-state index contributed by atoms with van der Waals surface area (Å²) in [7, 11) is 0. The van der Waals surface area contributed by atoms with E-state index in [1.54, 1.807) is 29.2 Å². The maximum atomic E-state index is 13.0. The summed E-state index contributed by atoms with van der Waals surface area (Å²) in [5, 5.41) is 2.60. The van der Waals surface area contributed by atoms with Crippen LogP contribution in [0, 0.1) is 12.7 Å². The molecule has 1 aliphatic heterocycles. The molecular formula is C21H24FN3O3. The first-order chi connectivity index (χ1) is 13.5. The molecule has 0 saturated carbocycles. The Morgan fingerprint density at radius 2 is 1.64 bits per heavy atom. The Labute approximate surface area is 163 Å². The zero-order chi connectivity index (χ0) is 19.9. The number of hydrogen-bond donors (Lipinski definition) is 1. The van der Waals surface area contributed by atoms with Crippen molar-refractivity contribution in [2.75, 3.05) is 44.2 Å². The second kappa shape index (κ2) is 9.21. The molecule has 28 heavy (non-hydrogen) atoms. The zero-order valence-electron chi connectivity index (χ0n) is 15.9. The molecule has 2 aromatic carbocycles. The first-order valence-electron chi connectivity index (χ1n) is 9.26. The minimum absolute atomic E-state index is 0.0490. The SMILES string of the molecule is Cc1ccc(OCC(=O)NCC(=O)N2CCN(c3ccc(F)cc3)CC2)cc1. The Bertz CT molecular complexity index is 801. The van der Waals surface area contributed by atoms with Gasteiger partial charge in [0.1, 0.15) is 11.6 Å². The van der Waals surface area contributed by atoms with Crippen molar-refractivity contribution < 1.29 is 18.7 Å². The van der Waals surface area contributed by atoms with E-state index in [0.717, 1.165) is 11.3 Å². The lowest BCUT2D eigenvalue weighted by Crippen LogP contribution is -2.51. The first-order valence-corrected chi connectivity index (χ1v) is 9.26. The van der Waals surface area contributed by atoms with Gasteiger partial charge in [0.15, 0.2) is 6.61 Å². The number of carbonyl (C=O) groups excluding carboxylic acids is 2. The van der Waals surface area contributed by atoms with Crippen molar-refractivity contribution in [1.82, 2.24) is 10.2 Å². The third-order valence-corrected chi connectivity index (χ3v) is 4.65. The van der Waals surface area contributed by atoms with E-state index in [2.05, 4.69) is 10.2 Å². The molecule has 3 rings (SSSR count). The molecule has 0 bridgehead atoms. The van der Waals surface area contributed by atoms with Crippen LogP contribution in [0.4, 0.5) is 10.1 Å². The fourth-order valence-electron chi connectivity index (χ4n) is 2.99. The van der Waals surface area contributed by atoms with Crippen LogP contribution in [-0.2, 0) is 9.59 Å².